The van der Waals surface area contributed by atoms with Gasteiger partial charge in [0.2, 0.25) is 0 Å². The van der Waals surface area contributed by atoms with Crippen molar-refractivity contribution in [3.63, 3.8) is 0 Å². The quantitative estimate of drug-likeness (QED) is 0.461. The van der Waals surface area contributed by atoms with E-state index < -0.39 is 5.51 Å². The first-order valence-electron chi connectivity index (χ1n) is 8.88. The van der Waals surface area contributed by atoms with Crippen LogP contribution in [0, 0.1) is 5.41 Å². The minimum atomic E-state index is -4.36. The highest BCUT2D eigenvalue weighted by Gasteiger charge is 2.29. The van der Waals surface area contributed by atoms with E-state index in [-0.39, 0.29) is 22.7 Å². The number of nitrogens with zero attached hydrogens (tertiary/aromatic N) is 1. The standard InChI is InChI=1S/C20H21ClF3N3S2/c1-19(2,3)10-14-8-12(6-7-25-14)18-26-17(11-28-18)15-5-4-13(9-16(15)21)27-29-20(22,23)24/h4-9,11,18,26-27H,10H2,1-3H3. The van der Waals surface area contributed by atoms with Crippen molar-refractivity contribution in [3.05, 3.63) is 63.8 Å². The summed E-state index contributed by atoms with van der Waals surface area (Å²) in [6, 6.07) is 8.87. The average Bonchev–Trinajstić information content (AvgIpc) is 3.08. The van der Waals surface area contributed by atoms with Crippen LogP contribution >= 0.6 is 35.3 Å². The summed E-state index contributed by atoms with van der Waals surface area (Å²) in [6.07, 6.45) is 2.71. The Kier molecular flexibility index (Phi) is 6.65. The summed E-state index contributed by atoms with van der Waals surface area (Å²) < 4.78 is 39.3. The van der Waals surface area contributed by atoms with Gasteiger partial charge in [0.1, 0.15) is 5.37 Å². The number of benzene rings is 1. The number of thioether (sulfide) groups is 1. The average molecular weight is 460 g/mol. The molecular weight excluding hydrogens is 439 g/mol. The van der Waals surface area contributed by atoms with Gasteiger partial charge in [0.05, 0.1) is 22.7 Å². The van der Waals surface area contributed by atoms with Crippen LogP contribution in [-0.4, -0.2) is 10.5 Å². The summed E-state index contributed by atoms with van der Waals surface area (Å²) in [4.78, 5) is 4.47. The number of hydrogen-bond acceptors (Lipinski definition) is 5. The fourth-order valence-corrected chi connectivity index (χ4v) is 4.47. The van der Waals surface area contributed by atoms with Crippen molar-refractivity contribution in [2.75, 3.05) is 4.72 Å². The van der Waals surface area contributed by atoms with Gasteiger partial charge < -0.3 is 10.0 Å². The Morgan fingerprint density at radius 1 is 1.21 bits per heavy atom. The fraction of sp³-hybridized carbons (Fsp3) is 0.350. The van der Waals surface area contributed by atoms with Crippen molar-refractivity contribution in [2.24, 2.45) is 5.41 Å². The van der Waals surface area contributed by atoms with Gasteiger partial charge in [-0.3, -0.25) is 4.98 Å². The summed E-state index contributed by atoms with van der Waals surface area (Å²) in [5, 5.41) is 5.82. The number of rotatable bonds is 5. The lowest BCUT2D eigenvalue weighted by molar-refractivity contribution is -0.0323. The van der Waals surface area contributed by atoms with Crippen LogP contribution in [0.3, 0.4) is 0 Å². The maximum absolute atomic E-state index is 12.3. The lowest BCUT2D eigenvalue weighted by Gasteiger charge is -2.19. The van der Waals surface area contributed by atoms with Crippen LogP contribution in [0.1, 0.15) is 43.0 Å². The number of aromatic nitrogens is 1. The van der Waals surface area contributed by atoms with E-state index in [0.717, 1.165) is 28.9 Å². The number of halogens is 4. The Morgan fingerprint density at radius 3 is 2.62 bits per heavy atom. The Balaban J connectivity index is 1.69. The summed E-state index contributed by atoms with van der Waals surface area (Å²) in [6.45, 7) is 6.53. The molecule has 1 aliphatic rings. The van der Waals surface area contributed by atoms with Crippen molar-refractivity contribution in [3.8, 4) is 0 Å². The predicted octanol–water partition coefficient (Wildman–Crippen LogP) is 7.24. The van der Waals surface area contributed by atoms with E-state index in [9.17, 15) is 13.2 Å². The highest BCUT2D eigenvalue weighted by molar-refractivity contribution is 8.02. The molecule has 0 amide bonds. The molecule has 1 atom stereocenters. The van der Waals surface area contributed by atoms with Crippen molar-refractivity contribution in [2.45, 2.75) is 38.1 Å². The molecule has 2 heterocycles. The van der Waals surface area contributed by atoms with Gasteiger partial charge in [-0.1, -0.05) is 32.4 Å². The molecule has 0 saturated carbocycles. The second kappa shape index (κ2) is 8.70. The van der Waals surface area contributed by atoms with Gasteiger partial charge in [0, 0.05) is 23.1 Å². The van der Waals surface area contributed by atoms with E-state index in [0.29, 0.717) is 10.7 Å². The third kappa shape index (κ3) is 6.49. The van der Waals surface area contributed by atoms with Crippen LogP contribution in [0.25, 0.3) is 5.70 Å². The Morgan fingerprint density at radius 2 is 1.97 bits per heavy atom. The molecule has 0 saturated heterocycles. The third-order valence-corrected chi connectivity index (χ3v) is 5.92. The van der Waals surface area contributed by atoms with Gasteiger partial charge >= 0.3 is 5.51 Å². The molecule has 156 valence electrons. The minimum Gasteiger partial charge on any atom is -0.368 e. The van der Waals surface area contributed by atoms with Crippen LogP contribution in [0.4, 0.5) is 18.9 Å². The zero-order valence-electron chi connectivity index (χ0n) is 16.1. The Hall–Kier alpha value is -1.51. The molecule has 3 rings (SSSR count). The van der Waals surface area contributed by atoms with Gasteiger partial charge in [-0.15, -0.1) is 11.8 Å². The van der Waals surface area contributed by atoms with Gasteiger partial charge in [-0.2, -0.15) is 13.2 Å². The molecule has 2 aromatic rings. The van der Waals surface area contributed by atoms with Crippen molar-refractivity contribution >= 4 is 46.7 Å². The maximum atomic E-state index is 12.3. The first kappa shape index (κ1) is 22.2. The first-order valence-corrected chi connectivity index (χ1v) is 11.0. The molecule has 0 spiro atoms. The Labute approximate surface area is 182 Å². The second-order valence-corrected chi connectivity index (χ2v) is 10.1. The van der Waals surface area contributed by atoms with Gasteiger partial charge in [0.15, 0.2) is 0 Å². The smallest absolute Gasteiger partial charge is 0.368 e. The maximum Gasteiger partial charge on any atom is 0.461 e. The largest absolute Gasteiger partial charge is 0.461 e. The van der Waals surface area contributed by atoms with Crippen LogP contribution < -0.4 is 10.0 Å². The summed E-state index contributed by atoms with van der Waals surface area (Å²) >= 11 is 7.63. The van der Waals surface area contributed by atoms with Gasteiger partial charge in [-0.25, -0.2) is 0 Å². The van der Waals surface area contributed by atoms with E-state index in [1.54, 1.807) is 23.9 Å². The first-order chi connectivity index (χ1) is 13.5. The van der Waals surface area contributed by atoms with E-state index in [1.807, 2.05) is 17.7 Å². The fourth-order valence-electron chi connectivity index (χ4n) is 2.86. The summed E-state index contributed by atoms with van der Waals surface area (Å²) in [5.74, 6) is 0. The molecule has 0 aliphatic carbocycles. The molecule has 1 aromatic carbocycles. The molecule has 0 radical (unpaired) electrons. The monoisotopic (exact) mass is 459 g/mol. The molecule has 0 bridgehead atoms. The number of hydrogen-bond donors (Lipinski definition) is 2. The molecule has 1 unspecified atom stereocenters. The molecule has 2 N–H and O–H groups in total. The topological polar surface area (TPSA) is 37.0 Å². The summed E-state index contributed by atoms with van der Waals surface area (Å²) in [5.41, 5.74) is -0.167. The molecule has 3 nitrogen and oxygen atoms in total. The van der Waals surface area contributed by atoms with Crippen LogP contribution in [0.5, 0.6) is 0 Å². The second-order valence-electron chi connectivity index (χ2n) is 7.85. The number of pyridine rings is 1. The van der Waals surface area contributed by atoms with E-state index in [1.165, 1.54) is 6.07 Å². The molecule has 9 heteroatoms. The number of nitrogens with one attached hydrogen (secondary N) is 2. The van der Waals surface area contributed by atoms with Crippen molar-refractivity contribution in [1.29, 1.82) is 0 Å². The molecular formula is C20H21ClF3N3S2. The van der Waals surface area contributed by atoms with E-state index in [2.05, 4.69) is 41.9 Å². The normalized spacial score (nSPS) is 17.1. The SMILES string of the molecule is CC(C)(C)Cc1cc(C2NC(c3ccc(NSC(F)(F)F)cc3Cl)=CS2)ccn1. The third-order valence-electron chi connectivity index (χ3n) is 4.01. The highest BCUT2D eigenvalue weighted by Crippen LogP contribution is 2.40. The van der Waals surface area contributed by atoms with Crippen molar-refractivity contribution in [1.82, 2.24) is 10.3 Å². The molecule has 1 aromatic heterocycles. The van der Waals surface area contributed by atoms with Crippen LogP contribution in [0.15, 0.2) is 41.9 Å². The Bertz CT molecular complexity index is 911. The van der Waals surface area contributed by atoms with Crippen LogP contribution in [0.2, 0.25) is 5.02 Å². The van der Waals surface area contributed by atoms with Crippen molar-refractivity contribution < 1.29 is 13.2 Å². The lowest BCUT2D eigenvalue weighted by Crippen LogP contribution is -2.14. The van der Waals surface area contributed by atoms with E-state index in [4.69, 9.17) is 11.6 Å². The lowest BCUT2D eigenvalue weighted by atomic mass is 9.90. The zero-order valence-corrected chi connectivity index (χ0v) is 18.5. The van der Waals surface area contributed by atoms with Crippen LogP contribution in [-0.2, 0) is 6.42 Å². The highest BCUT2D eigenvalue weighted by atomic mass is 35.5. The summed E-state index contributed by atoms with van der Waals surface area (Å²) in [7, 11) is 0. The molecule has 1 aliphatic heterocycles. The minimum absolute atomic E-state index is 0.0290. The van der Waals surface area contributed by atoms with Gasteiger partial charge in [-0.05, 0) is 53.1 Å². The molecule has 0 fully saturated rings. The predicted molar refractivity (Wildman–Crippen MR) is 118 cm³/mol. The number of alkyl halides is 3. The van der Waals surface area contributed by atoms with E-state index >= 15 is 0 Å². The molecule has 29 heavy (non-hydrogen) atoms. The number of anilines is 1. The van der Waals surface area contributed by atoms with Gasteiger partial charge in [0.25, 0.3) is 0 Å². The zero-order chi connectivity index (χ0) is 21.2.